The minimum atomic E-state index is -0.725. The summed E-state index contributed by atoms with van der Waals surface area (Å²) in [6.45, 7) is 0. The Hall–Kier alpha value is -2.88. The Morgan fingerprint density at radius 3 is 2.73 bits per heavy atom. The molecule has 0 atom stereocenters. The van der Waals surface area contributed by atoms with E-state index in [4.69, 9.17) is 5.26 Å². The maximum atomic E-state index is 12.0. The van der Waals surface area contributed by atoms with Gasteiger partial charge in [0.25, 0.3) is 5.91 Å². The second-order valence-corrected chi connectivity index (χ2v) is 5.13. The van der Waals surface area contributed by atoms with Crippen LogP contribution in [0.15, 0.2) is 23.8 Å². The van der Waals surface area contributed by atoms with Crippen molar-refractivity contribution in [1.82, 2.24) is 5.32 Å². The minimum absolute atomic E-state index is 0.0819. The zero-order chi connectivity index (χ0) is 16.1. The maximum absolute atomic E-state index is 12.0. The van der Waals surface area contributed by atoms with Gasteiger partial charge in [-0.2, -0.15) is 5.26 Å². The fraction of sp³-hybridized carbons (Fsp3) is 0.333. The Morgan fingerprint density at radius 1 is 1.45 bits per heavy atom. The lowest BCUT2D eigenvalue weighted by atomic mass is 10.1. The van der Waals surface area contributed by atoms with E-state index in [9.17, 15) is 20.0 Å². The smallest absolute Gasteiger partial charge is 0.311 e. The van der Waals surface area contributed by atoms with Gasteiger partial charge < -0.3 is 10.4 Å². The molecule has 7 nitrogen and oxygen atoms in total. The molecule has 0 heterocycles. The molecule has 0 aromatic heterocycles. The van der Waals surface area contributed by atoms with Gasteiger partial charge in [0.1, 0.15) is 11.6 Å². The predicted molar refractivity (Wildman–Crippen MR) is 78.7 cm³/mol. The number of aromatic hydroxyl groups is 1. The van der Waals surface area contributed by atoms with Gasteiger partial charge in [-0.05, 0) is 30.5 Å². The van der Waals surface area contributed by atoms with Gasteiger partial charge in [0.15, 0.2) is 5.75 Å². The van der Waals surface area contributed by atoms with Gasteiger partial charge in [-0.25, -0.2) is 0 Å². The molecular weight excluding hydrogens is 286 g/mol. The van der Waals surface area contributed by atoms with Crippen LogP contribution in [0, 0.1) is 21.4 Å². The molecule has 0 aliphatic heterocycles. The van der Waals surface area contributed by atoms with Crippen LogP contribution in [0.2, 0.25) is 0 Å². The third-order valence-electron chi connectivity index (χ3n) is 3.56. The monoisotopic (exact) mass is 301 g/mol. The number of phenols is 1. The standard InChI is InChI=1S/C15H15N3O4/c16-9-11(15(20)17-12-3-1-2-4-12)7-10-5-6-14(19)13(8-10)18(21)22/h5-8,12,19H,1-4H2,(H,17,20)/b11-7-. The third-order valence-corrected chi connectivity index (χ3v) is 3.56. The predicted octanol–water partition coefficient (Wildman–Crippen LogP) is 2.27. The SMILES string of the molecule is N#C/C(=C/c1ccc(O)c([N+](=O)[O-])c1)C(=O)NC1CCCC1. The summed E-state index contributed by atoms with van der Waals surface area (Å²) in [5.41, 5.74) is -0.281. The summed E-state index contributed by atoms with van der Waals surface area (Å²) in [5.74, 6) is -0.943. The van der Waals surface area contributed by atoms with E-state index < -0.39 is 22.3 Å². The second kappa shape index (κ2) is 6.72. The van der Waals surface area contributed by atoms with Gasteiger partial charge >= 0.3 is 5.69 Å². The first-order chi connectivity index (χ1) is 10.5. The first-order valence-electron chi connectivity index (χ1n) is 6.91. The molecule has 0 unspecified atom stereocenters. The molecule has 7 heteroatoms. The van der Waals surface area contributed by atoms with E-state index >= 15 is 0 Å². The molecular formula is C15H15N3O4. The minimum Gasteiger partial charge on any atom is -0.502 e. The van der Waals surface area contributed by atoms with Gasteiger partial charge in [-0.15, -0.1) is 0 Å². The highest BCUT2D eigenvalue weighted by molar-refractivity contribution is 6.01. The Bertz CT molecular complexity index is 670. The molecule has 2 N–H and O–H groups in total. The summed E-state index contributed by atoms with van der Waals surface area (Å²) in [6, 6.07) is 5.57. The van der Waals surface area contributed by atoms with Crippen LogP contribution in [0.3, 0.4) is 0 Å². The quantitative estimate of drug-likeness (QED) is 0.383. The van der Waals surface area contributed by atoms with E-state index in [1.807, 2.05) is 0 Å². The van der Waals surface area contributed by atoms with Crippen LogP contribution >= 0.6 is 0 Å². The van der Waals surface area contributed by atoms with Crippen molar-refractivity contribution in [3.63, 3.8) is 0 Å². The molecule has 0 radical (unpaired) electrons. The van der Waals surface area contributed by atoms with Crippen molar-refractivity contribution in [3.05, 3.63) is 39.4 Å². The molecule has 0 saturated heterocycles. The van der Waals surface area contributed by atoms with Gasteiger partial charge in [0.2, 0.25) is 0 Å². The highest BCUT2D eigenvalue weighted by atomic mass is 16.6. The van der Waals surface area contributed by atoms with Crippen molar-refractivity contribution >= 4 is 17.7 Å². The zero-order valence-electron chi connectivity index (χ0n) is 11.8. The van der Waals surface area contributed by atoms with Crippen LogP contribution in [-0.2, 0) is 4.79 Å². The topological polar surface area (TPSA) is 116 Å². The molecule has 0 spiro atoms. The molecule has 114 valence electrons. The van der Waals surface area contributed by atoms with Crippen molar-refractivity contribution in [2.24, 2.45) is 0 Å². The second-order valence-electron chi connectivity index (χ2n) is 5.13. The third kappa shape index (κ3) is 3.61. The summed E-state index contributed by atoms with van der Waals surface area (Å²) >= 11 is 0. The normalized spacial score (nSPS) is 15.3. The summed E-state index contributed by atoms with van der Waals surface area (Å²) in [5, 5.41) is 32.1. The van der Waals surface area contributed by atoms with Crippen molar-refractivity contribution in [2.75, 3.05) is 0 Å². The maximum Gasteiger partial charge on any atom is 0.311 e. The summed E-state index contributed by atoms with van der Waals surface area (Å²) in [4.78, 5) is 22.1. The van der Waals surface area contributed by atoms with Crippen LogP contribution in [-0.4, -0.2) is 22.0 Å². The highest BCUT2D eigenvalue weighted by Gasteiger charge is 2.20. The number of phenolic OH excluding ortho intramolecular Hbond substituents is 1. The van der Waals surface area contributed by atoms with Crippen molar-refractivity contribution in [1.29, 1.82) is 5.26 Å². The number of hydrogen-bond donors (Lipinski definition) is 2. The molecule has 0 bridgehead atoms. The molecule has 1 aromatic carbocycles. The number of nitrogens with one attached hydrogen (secondary N) is 1. The van der Waals surface area contributed by atoms with Crippen molar-refractivity contribution < 1.29 is 14.8 Å². The molecule has 1 saturated carbocycles. The van der Waals surface area contributed by atoms with Gasteiger partial charge in [-0.3, -0.25) is 14.9 Å². The average Bonchev–Trinajstić information content (AvgIpc) is 2.98. The number of nitro benzene ring substituents is 1. The van der Waals surface area contributed by atoms with E-state index in [1.54, 1.807) is 6.07 Å². The number of benzene rings is 1. The van der Waals surface area contributed by atoms with Crippen LogP contribution in [0.25, 0.3) is 6.08 Å². The van der Waals surface area contributed by atoms with Gasteiger partial charge in [0.05, 0.1) is 4.92 Å². The lowest BCUT2D eigenvalue weighted by Crippen LogP contribution is -2.33. The Labute approximate surface area is 127 Å². The number of nitriles is 1. The zero-order valence-corrected chi connectivity index (χ0v) is 11.8. The number of carbonyl (C=O) groups excluding carboxylic acids is 1. The fourth-order valence-corrected chi connectivity index (χ4v) is 2.43. The molecule has 1 amide bonds. The van der Waals surface area contributed by atoms with E-state index in [-0.39, 0.29) is 11.6 Å². The Balaban J connectivity index is 2.21. The summed E-state index contributed by atoms with van der Waals surface area (Å²) < 4.78 is 0. The number of nitrogens with zero attached hydrogens (tertiary/aromatic N) is 2. The van der Waals surface area contributed by atoms with Crippen molar-refractivity contribution in [2.45, 2.75) is 31.7 Å². The molecule has 2 rings (SSSR count). The molecule has 22 heavy (non-hydrogen) atoms. The largest absolute Gasteiger partial charge is 0.502 e. The first kappa shape index (κ1) is 15.5. The lowest BCUT2D eigenvalue weighted by molar-refractivity contribution is -0.385. The average molecular weight is 301 g/mol. The Kier molecular flexibility index (Phi) is 4.73. The number of carbonyl (C=O) groups is 1. The van der Waals surface area contributed by atoms with Crippen LogP contribution in [0.4, 0.5) is 5.69 Å². The molecule has 1 aromatic rings. The Morgan fingerprint density at radius 2 is 2.14 bits per heavy atom. The fourth-order valence-electron chi connectivity index (χ4n) is 2.43. The summed E-state index contributed by atoms with van der Waals surface area (Å²) in [7, 11) is 0. The van der Waals surface area contributed by atoms with Crippen LogP contribution < -0.4 is 5.32 Å². The van der Waals surface area contributed by atoms with E-state index in [2.05, 4.69) is 5.32 Å². The number of rotatable bonds is 4. The number of nitro groups is 1. The molecule has 1 aliphatic carbocycles. The van der Waals surface area contributed by atoms with Crippen LogP contribution in [0.5, 0.6) is 5.75 Å². The molecule has 1 fully saturated rings. The first-order valence-corrected chi connectivity index (χ1v) is 6.91. The molecule has 1 aliphatic rings. The van der Waals surface area contributed by atoms with E-state index in [0.29, 0.717) is 5.56 Å². The van der Waals surface area contributed by atoms with Gasteiger partial charge in [0, 0.05) is 12.1 Å². The van der Waals surface area contributed by atoms with E-state index in [0.717, 1.165) is 37.8 Å². The van der Waals surface area contributed by atoms with E-state index in [1.165, 1.54) is 12.1 Å². The number of amides is 1. The number of hydrogen-bond acceptors (Lipinski definition) is 5. The van der Waals surface area contributed by atoms with Gasteiger partial charge in [-0.1, -0.05) is 18.9 Å². The van der Waals surface area contributed by atoms with Crippen molar-refractivity contribution in [3.8, 4) is 11.8 Å². The highest BCUT2D eigenvalue weighted by Crippen LogP contribution is 2.27. The van der Waals surface area contributed by atoms with Crippen LogP contribution in [0.1, 0.15) is 31.2 Å². The lowest BCUT2D eigenvalue weighted by Gasteiger charge is -2.10. The summed E-state index contributed by atoms with van der Waals surface area (Å²) in [6.07, 6.45) is 5.18.